The number of rotatable bonds is 10. The van der Waals surface area contributed by atoms with E-state index in [1.54, 1.807) is 6.20 Å². The average Bonchev–Trinajstić information content (AvgIpc) is 2.81. The van der Waals surface area contributed by atoms with Gasteiger partial charge in [0.25, 0.3) is 0 Å². The highest BCUT2D eigenvalue weighted by Gasteiger charge is 2.28. The molecule has 3 rings (SSSR count). The highest BCUT2D eigenvalue weighted by atomic mass is 16.2. The number of likely N-dealkylation sites (N-methyl/N-ethyl adjacent to an activating group) is 1. The maximum atomic E-state index is 13.9. The largest absolute Gasteiger partial charge is 0.335 e. The summed E-state index contributed by atoms with van der Waals surface area (Å²) < 4.78 is 0. The van der Waals surface area contributed by atoms with Crippen LogP contribution in [0.4, 0.5) is 0 Å². The van der Waals surface area contributed by atoms with Gasteiger partial charge in [-0.3, -0.25) is 9.78 Å². The van der Waals surface area contributed by atoms with E-state index in [0.717, 1.165) is 36.5 Å². The first-order valence-electron chi connectivity index (χ1n) is 10.7. The van der Waals surface area contributed by atoms with Crippen molar-refractivity contribution in [3.05, 3.63) is 102 Å². The van der Waals surface area contributed by atoms with Crippen molar-refractivity contribution in [3.8, 4) is 0 Å². The molecular formula is C26H31N3O. The van der Waals surface area contributed by atoms with Gasteiger partial charge >= 0.3 is 0 Å². The molecule has 1 amide bonds. The summed E-state index contributed by atoms with van der Waals surface area (Å²) in [5.41, 5.74) is 2.94. The molecule has 4 nitrogen and oxygen atoms in total. The van der Waals surface area contributed by atoms with Crippen molar-refractivity contribution in [1.29, 1.82) is 0 Å². The fourth-order valence-corrected chi connectivity index (χ4v) is 3.71. The van der Waals surface area contributed by atoms with Crippen LogP contribution in [0.15, 0.2) is 85.1 Å². The summed E-state index contributed by atoms with van der Waals surface area (Å²) in [6.45, 7) is 8.30. The Morgan fingerprint density at radius 1 is 0.800 bits per heavy atom. The molecule has 0 N–H and O–H groups in total. The van der Waals surface area contributed by atoms with E-state index in [0.29, 0.717) is 13.1 Å². The molecule has 0 unspecified atom stereocenters. The van der Waals surface area contributed by atoms with E-state index in [-0.39, 0.29) is 11.8 Å². The van der Waals surface area contributed by atoms with E-state index in [1.165, 1.54) is 0 Å². The van der Waals surface area contributed by atoms with Crippen molar-refractivity contribution in [3.63, 3.8) is 0 Å². The number of nitrogens with zero attached hydrogens (tertiary/aromatic N) is 3. The molecule has 1 heterocycles. The fourth-order valence-electron chi connectivity index (χ4n) is 3.71. The van der Waals surface area contributed by atoms with Crippen LogP contribution < -0.4 is 0 Å². The Balaban J connectivity index is 1.92. The van der Waals surface area contributed by atoms with Crippen LogP contribution in [-0.2, 0) is 11.3 Å². The van der Waals surface area contributed by atoms with Gasteiger partial charge in [-0.2, -0.15) is 0 Å². The monoisotopic (exact) mass is 401 g/mol. The summed E-state index contributed by atoms with van der Waals surface area (Å²) in [5, 5.41) is 0. The van der Waals surface area contributed by atoms with Crippen molar-refractivity contribution in [1.82, 2.24) is 14.8 Å². The van der Waals surface area contributed by atoms with Gasteiger partial charge in [0.2, 0.25) is 5.91 Å². The second-order valence-corrected chi connectivity index (χ2v) is 7.36. The summed E-state index contributed by atoms with van der Waals surface area (Å²) in [5.74, 6) is -0.210. The topological polar surface area (TPSA) is 36.4 Å². The second-order valence-electron chi connectivity index (χ2n) is 7.36. The van der Waals surface area contributed by atoms with Gasteiger partial charge in [-0.1, -0.05) is 80.6 Å². The third-order valence-electron chi connectivity index (χ3n) is 5.48. The number of hydrogen-bond donors (Lipinski definition) is 0. The van der Waals surface area contributed by atoms with Crippen LogP contribution in [-0.4, -0.2) is 46.9 Å². The number of carbonyl (C=O) groups is 1. The number of amides is 1. The van der Waals surface area contributed by atoms with Crippen molar-refractivity contribution in [2.24, 2.45) is 0 Å². The molecular weight excluding hydrogens is 370 g/mol. The zero-order chi connectivity index (χ0) is 21.2. The third-order valence-corrected chi connectivity index (χ3v) is 5.48. The number of aromatic nitrogens is 1. The molecule has 0 aliphatic rings. The van der Waals surface area contributed by atoms with Gasteiger partial charge in [-0.05, 0) is 36.3 Å². The summed E-state index contributed by atoms with van der Waals surface area (Å²) in [4.78, 5) is 22.7. The van der Waals surface area contributed by atoms with Gasteiger partial charge in [-0.15, -0.1) is 0 Å². The van der Waals surface area contributed by atoms with Gasteiger partial charge in [0, 0.05) is 19.3 Å². The molecule has 156 valence electrons. The van der Waals surface area contributed by atoms with Crippen molar-refractivity contribution in [2.75, 3.05) is 26.2 Å². The Bertz CT molecular complexity index is 840. The first-order valence-corrected chi connectivity index (χ1v) is 10.7. The van der Waals surface area contributed by atoms with Crippen LogP contribution in [0.1, 0.15) is 36.6 Å². The Morgan fingerprint density at radius 2 is 1.37 bits per heavy atom. The van der Waals surface area contributed by atoms with Gasteiger partial charge in [-0.25, -0.2) is 0 Å². The highest BCUT2D eigenvalue weighted by Crippen LogP contribution is 2.27. The molecule has 2 aromatic carbocycles. The minimum atomic E-state index is -0.326. The quantitative estimate of drug-likeness (QED) is 0.499. The molecule has 1 aromatic heterocycles. The molecule has 0 aliphatic carbocycles. The van der Waals surface area contributed by atoms with Gasteiger partial charge in [0.05, 0.1) is 18.2 Å². The predicted molar refractivity (Wildman–Crippen MR) is 122 cm³/mol. The summed E-state index contributed by atoms with van der Waals surface area (Å²) in [6.07, 6.45) is 1.79. The SMILES string of the molecule is CCN(CC)CCN(Cc1ccccn1)C(=O)C(c1ccccc1)c1ccccc1. The van der Waals surface area contributed by atoms with Crippen molar-refractivity contribution < 1.29 is 4.79 Å². The maximum Gasteiger partial charge on any atom is 0.234 e. The van der Waals surface area contributed by atoms with Crippen LogP contribution in [0.2, 0.25) is 0 Å². The van der Waals surface area contributed by atoms with Gasteiger partial charge in [0.1, 0.15) is 0 Å². The molecule has 0 bridgehead atoms. The third kappa shape index (κ3) is 5.77. The molecule has 0 atom stereocenters. The van der Waals surface area contributed by atoms with E-state index in [2.05, 4.69) is 23.7 Å². The zero-order valence-corrected chi connectivity index (χ0v) is 17.9. The standard InChI is InChI=1S/C26H31N3O/c1-3-28(4-2)19-20-29(21-24-17-11-12-18-27-24)26(30)25(22-13-7-5-8-14-22)23-15-9-6-10-16-23/h5-18,25H,3-4,19-21H2,1-2H3. The lowest BCUT2D eigenvalue weighted by Crippen LogP contribution is -2.41. The number of pyridine rings is 1. The molecule has 0 saturated heterocycles. The zero-order valence-electron chi connectivity index (χ0n) is 17.9. The van der Waals surface area contributed by atoms with E-state index in [1.807, 2.05) is 83.8 Å². The second kappa shape index (κ2) is 11.3. The average molecular weight is 402 g/mol. The van der Waals surface area contributed by atoms with E-state index >= 15 is 0 Å². The van der Waals surface area contributed by atoms with E-state index in [9.17, 15) is 4.79 Å². The first kappa shape index (κ1) is 21.7. The minimum absolute atomic E-state index is 0.116. The van der Waals surface area contributed by atoms with Crippen LogP contribution in [0.5, 0.6) is 0 Å². The lowest BCUT2D eigenvalue weighted by molar-refractivity contribution is -0.132. The van der Waals surface area contributed by atoms with Gasteiger partial charge < -0.3 is 9.80 Å². The van der Waals surface area contributed by atoms with Gasteiger partial charge in [0.15, 0.2) is 0 Å². The predicted octanol–water partition coefficient (Wildman–Crippen LogP) is 4.58. The Labute approximate surface area is 180 Å². The van der Waals surface area contributed by atoms with Crippen molar-refractivity contribution in [2.45, 2.75) is 26.3 Å². The molecule has 3 aromatic rings. The molecule has 30 heavy (non-hydrogen) atoms. The molecule has 4 heteroatoms. The molecule has 0 aliphatic heterocycles. The van der Waals surface area contributed by atoms with Crippen molar-refractivity contribution >= 4 is 5.91 Å². The normalized spacial score (nSPS) is 11.1. The number of hydrogen-bond acceptors (Lipinski definition) is 3. The molecule has 0 radical (unpaired) electrons. The number of benzene rings is 2. The fraction of sp³-hybridized carbons (Fsp3) is 0.308. The Morgan fingerprint density at radius 3 is 1.87 bits per heavy atom. The minimum Gasteiger partial charge on any atom is -0.335 e. The molecule has 0 spiro atoms. The van der Waals surface area contributed by atoms with Crippen LogP contribution in [0.25, 0.3) is 0 Å². The highest BCUT2D eigenvalue weighted by molar-refractivity contribution is 5.87. The van der Waals surface area contributed by atoms with E-state index < -0.39 is 0 Å². The van der Waals surface area contributed by atoms with E-state index in [4.69, 9.17) is 0 Å². The molecule has 0 fully saturated rings. The van der Waals surface area contributed by atoms with Crippen LogP contribution in [0, 0.1) is 0 Å². The Hall–Kier alpha value is -2.98. The lowest BCUT2D eigenvalue weighted by Gasteiger charge is -2.30. The summed E-state index contributed by atoms with van der Waals surface area (Å²) >= 11 is 0. The first-order chi connectivity index (χ1) is 14.7. The lowest BCUT2D eigenvalue weighted by atomic mass is 9.90. The maximum absolute atomic E-state index is 13.9. The Kier molecular flexibility index (Phi) is 8.16. The molecule has 0 saturated carbocycles. The summed E-state index contributed by atoms with van der Waals surface area (Å²) in [7, 11) is 0. The smallest absolute Gasteiger partial charge is 0.234 e. The van der Waals surface area contributed by atoms with Crippen LogP contribution >= 0.6 is 0 Å². The summed E-state index contributed by atoms with van der Waals surface area (Å²) in [6, 6.07) is 26.0. The number of carbonyl (C=O) groups excluding carboxylic acids is 1. The van der Waals surface area contributed by atoms with Crippen LogP contribution in [0.3, 0.4) is 0 Å².